The molecule has 88 valence electrons. The molecule has 0 aromatic carbocycles. The number of halogens is 2. The van der Waals surface area contributed by atoms with E-state index in [4.69, 9.17) is 4.42 Å². The van der Waals surface area contributed by atoms with Crippen molar-refractivity contribution in [3.05, 3.63) is 22.6 Å². The average Bonchev–Trinajstić information content (AvgIpc) is 2.66. The predicted octanol–water partition coefficient (Wildman–Crippen LogP) is 1.41. The van der Waals surface area contributed by atoms with Gasteiger partial charge in [0.1, 0.15) is 0 Å². The first-order valence-electron chi connectivity index (χ1n) is 5.02. The topological polar surface area (TPSA) is 54.3 Å². The molecule has 3 rings (SSSR count). The molecule has 2 heterocycles. The first-order valence-corrected chi connectivity index (χ1v) is 5.82. The first-order chi connectivity index (χ1) is 7.25. The summed E-state index contributed by atoms with van der Waals surface area (Å²) in [5.41, 5.74) is 0. The van der Waals surface area contributed by atoms with Gasteiger partial charge >= 0.3 is 0 Å². The SMILES string of the molecule is Cl.O=C(NC1C2CNCC21)c1ccc(Br)o1. The standard InChI is InChI=1S/C10H11BrN2O2.ClH/c11-8-2-1-7(15-8)10(14)13-9-5-3-12-4-6(5)9;/h1-2,5-6,9,12H,3-4H2,(H,13,14);1H. The van der Waals surface area contributed by atoms with Gasteiger partial charge in [0.15, 0.2) is 10.4 Å². The summed E-state index contributed by atoms with van der Waals surface area (Å²) in [5, 5.41) is 6.28. The van der Waals surface area contributed by atoms with Crippen LogP contribution >= 0.6 is 28.3 Å². The third-order valence-electron chi connectivity index (χ3n) is 3.19. The Morgan fingerprint density at radius 1 is 1.44 bits per heavy atom. The van der Waals surface area contributed by atoms with Crippen LogP contribution in [0.1, 0.15) is 10.6 Å². The van der Waals surface area contributed by atoms with E-state index < -0.39 is 0 Å². The Morgan fingerprint density at radius 3 is 2.69 bits per heavy atom. The Labute approximate surface area is 108 Å². The van der Waals surface area contributed by atoms with E-state index in [0.717, 1.165) is 13.1 Å². The lowest BCUT2D eigenvalue weighted by atomic mass is 10.4. The fourth-order valence-corrected chi connectivity index (χ4v) is 2.60. The molecule has 16 heavy (non-hydrogen) atoms. The number of carbonyl (C=O) groups excluding carboxylic acids is 1. The van der Waals surface area contributed by atoms with Crippen molar-refractivity contribution in [2.45, 2.75) is 6.04 Å². The number of nitrogens with one attached hydrogen (secondary N) is 2. The zero-order chi connectivity index (χ0) is 10.4. The molecule has 2 unspecified atom stereocenters. The minimum Gasteiger partial charge on any atom is -0.444 e. The van der Waals surface area contributed by atoms with Gasteiger partial charge in [0.2, 0.25) is 0 Å². The average molecular weight is 308 g/mol. The molecule has 1 saturated carbocycles. The molecule has 2 fully saturated rings. The van der Waals surface area contributed by atoms with Crippen molar-refractivity contribution in [3.63, 3.8) is 0 Å². The molecule has 1 aromatic heterocycles. The second kappa shape index (κ2) is 4.39. The molecule has 1 saturated heterocycles. The molecule has 1 aliphatic carbocycles. The summed E-state index contributed by atoms with van der Waals surface area (Å²) in [6, 6.07) is 3.75. The fraction of sp³-hybridized carbons (Fsp3) is 0.500. The third-order valence-corrected chi connectivity index (χ3v) is 3.61. The Hall–Kier alpha value is -0.520. The molecular formula is C10H12BrClN2O2. The van der Waals surface area contributed by atoms with Crippen molar-refractivity contribution < 1.29 is 9.21 Å². The summed E-state index contributed by atoms with van der Waals surface area (Å²) >= 11 is 3.17. The van der Waals surface area contributed by atoms with Gasteiger partial charge in [0.25, 0.3) is 5.91 Å². The minimum absolute atomic E-state index is 0. The van der Waals surface area contributed by atoms with Crippen LogP contribution < -0.4 is 10.6 Å². The van der Waals surface area contributed by atoms with Crippen LogP contribution in [0.15, 0.2) is 21.2 Å². The molecule has 1 aliphatic heterocycles. The molecule has 0 radical (unpaired) electrons. The van der Waals surface area contributed by atoms with Crippen molar-refractivity contribution in [3.8, 4) is 0 Å². The minimum atomic E-state index is -0.111. The first kappa shape index (κ1) is 12.0. The molecule has 2 atom stereocenters. The molecular weight excluding hydrogens is 295 g/mol. The van der Waals surface area contributed by atoms with Crippen molar-refractivity contribution in [2.75, 3.05) is 13.1 Å². The van der Waals surface area contributed by atoms with Gasteiger partial charge in [-0.05, 0) is 39.9 Å². The zero-order valence-corrected chi connectivity index (χ0v) is 10.8. The van der Waals surface area contributed by atoms with Gasteiger partial charge in [-0.25, -0.2) is 0 Å². The van der Waals surface area contributed by atoms with E-state index in [1.54, 1.807) is 12.1 Å². The highest BCUT2D eigenvalue weighted by Gasteiger charge is 2.53. The maximum atomic E-state index is 11.7. The second-order valence-corrected chi connectivity index (χ2v) is 4.87. The van der Waals surface area contributed by atoms with E-state index in [1.807, 2.05) is 0 Å². The molecule has 1 aromatic rings. The normalized spacial score (nSPS) is 30.4. The lowest BCUT2D eigenvalue weighted by Crippen LogP contribution is -2.32. The Morgan fingerprint density at radius 2 is 2.12 bits per heavy atom. The predicted molar refractivity (Wildman–Crippen MR) is 64.8 cm³/mol. The monoisotopic (exact) mass is 306 g/mol. The number of hydrogen-bond acceptors (Lipinski definition) is 3. The van der Waals surface area contributed by atoms with E-state index in [9.17, 15) is 4.79 Å². The molecule has 4 nitrogen and oxygen atoms in total. The van der Waals surface area contributed by atoms with Crippen LogP contribution in [0.25, 0.3) is 0 Å². The molecule has 1 amide bonds. The summed E-state index contributed by atoms with van der Waals surface area (Å²) in [5.74, 6) is 1.53. The highest BCUT2D eigenvalue weighted by Crippen LogP contribution is 2.41. The van der Waals surface area contributed by atoms with Gasteiger partial charge < -0.3 is 15.1 Å². The fourth-order valence-electron chi connectivity index (χ4n) is 2.29. The van der Waals surface area contributed by atoms with Crippen LogP contribution in [0.3, 0.4) is 0 Å². The van der Waals surface area contributed by atoms with Crippen LogP contribution in [0.4, 0.5) is 0 Å². The number of fused-ring (bicyclic) bond motifs is 1. The Balaban J connectivity index is 0.000000963. The number of rotatable bonds is 2. The van der Waals surface area contributed by atoms with Gasteiger partial charge in [-0.15, -0.1) is 12.4 Å². The number of amides is 1. The van der Waals surface area contributed by atoms with Gasteiger partial charge in [-0.2, -0.15) is 0 Å². The van der Waals surface area contributed by atoms with Crippen LogP contribution in [-0.2, 0) is 0 Å². The van der Waals surface area contributed by atoms with E-state index in [2.05, 4.69) is 26.6 Å². The molecule has 2 aliphatic rings. The van der Waals surface area contributed by atoms with Gasteiger partial charge in [0, 0.05) is 19.1 Å². The number of carbonyl (C=O) groups is 1. The van der Waals surface area contributed by atoms with Gasteiger partial charge in [-0.1, -0.05) is 0 Å². The van der Waals surface area contributed by atoms with Crippen LogP contribution in [-0.4, -0.2) is 25.0 Å². The number of furan rings is 1. The van der Waals surface area contributed by atoms with Gasteiger partial charge in [-0.3, -0.25) is 4.79 Å². The third kappa shape index (κ3) is 1.99. The Kier molecular flexibility index (Phi) is 3.28. The van der Waals surface area contributed by atoms with Crippen LogP contribution in [0.5, 0.6) is 0 Å². The summed E-state index contributed by atoms with van der Waals surface area (Å²) in [4.78, 5) is 11.7. The summed E-state index contributed by atoms with van der Waals surface area (Å²) in [7, 11) is 0. The molecule has 6 heteroatoms. The highest BCUT2D eigenvalue weighted by molar-refractivity contribution is 9.10. The van der Waals surface area contributed by atoms with E-state index >= 15 is 0 Å². The van der Waals surface area contributed by atoms with Crippen molar-refractivity contribution in [2.24, 2.45) is 11.8 Å². The van der Waals surface area contributed by atoms with Gasteiger partial charge in [0.05, 0.1) is 0 Å². The zero-order valence-electron chi connectivity index (χ0n) is 8.40. The Bertz CT molecular complexity index is 399. The van der Waals surface area contributed by atoms with Crippen molar-refractivity contribution in [1.82, 2.24) is 10.6 Å². The highest BCUT2D eigenvalue weighted by atomic mass is 79.9. The summed E-state index contributed by atoms with van der Waals surface area (Å²) < 4.78 is 5.77. The van der Waals surface area contributed by atoms with E-state index in [1.165, 1.54) is 0 Å². The van der Waals surface area contributed by atoms with Crippen LogP contribution in [0, 0.1) is 11.8 Å². The maximum absolute atomic E-state index is 11.7. The summed E-state index contributed by atoms with van der Waals surface area (Å²) in [6.07, 6.45) is 0. The molecule has 0 spiro atoms. The molecule has 0 bridgehead atoms. The molecule has 2 N–H and O–H groups in total. The van der Waals surface area contributed by atoms with Crippen molar-refractivity contribution in [1.29, 1.82) is 0 Å². The second-order valence-electron chi connectivity index (χ2n) is 4.09. The number of hydrogen-bond donors (Lipinski definition) is 2. The quantitative estimate of drug-likeness (QED) is 0.869. The maximum Gasteiger partial charge on any atom is 0.287 e. The van der Waals surface area contributed by atoms with E-state index in [-0.39, 0.29) is 18.3 Å². The largest absolute Gasteiger partial charge is 0.444 e. The van der Waals surface area contributed by atoms with Crippen molar-refractivity contribution >= 4 is 34.2 Å². The summed E-state index contributed by atoms with van der Waals surface area (Å²) in [6.45, 7) is 2.05. The van der Waals surface area contributed by atoms with Crippen LogP contribution in [0.2, 0.25) is 0 Å². The lowest BCUT2D eigenvalue weighted by Gasteiger charge is -2.05. The number of piperidine rings is 1. The smallest absolute Gasteiger partial charge is 0.287 e. The van der Waals surface area contributed by atoms with E-state index in [0.29, 0.717) is 28.3 Å². The lowest BCUT2D eigenvalue weighted by molar-refractivity contribution is 0.0917.